The first kappa shape index (κ1) is 15.0. The van der Waals surface area contributed by atoms with E-state index in [4.69, 9.17) is 9.84 Å². The van der Waals surface area contributed by atoms with Crippen molar-refractivity contribution in [3.8, 4) is 5.75 Å². The molecule has 5 nitrogen and oxygen atoms in total. The van der Waals surface area contributed by atoms with Crippen molar-refractivity contribution in [1.82, 2.24) is 5.32 Å². The van der Waals surface area contributed by atoms with E-state index < -0.39 is 23.5 Å². The van der Waals surface area contributed by atoms with Crippen LogP contribution < -0.4 is 10.1 Å². The Hall–Kier alpha value is -2.04. The van der Waals surface area contributed by atoms with Crippen molar-refractivity contribution in [2.24, 2.45) is 0 Å². The quantitative estimate of drug-likeness (QED) is 0.873. The molecule has 1 amide bonds. The van der Waals surface area contributed by atoms with Crippen LogP contribution in [0.2, 0.25) is 0 Å². The molecule has 1 atom stereocenters. The summed E-state index contributed by atoms with van der Waals surface area (Å²) >= 11 is 0. The van der Waals surface area contributed by atoms with E-state index in [9.17, 15) is 9.59 Å². The van der Waals surface area contributed by atoms with Crippen LogP contribution in [0.5, 0.6) is 5.75 Å². The van der Waals surface area contributed by atoms with Gasteiger partial charge >= 0.3 is 5.97 Å². The zero-order chi connectivity index (χ0) is 14.6. The number of hydrogen-bond acceptors (Lipinski definition) is 3. The Bertz CT molecular complexity index is 477. The maximum absolute atomic E-state index is 12.0. The van der Waals surface area contributed by atoms with Crippen LogP contribution in [-0.4, -0.2) is 28.6 Å². The van der Waals surface area contributed by atoms with Gasteiger partial charge in [0.05, 0.1) is 5.56 Å². The van der Waals surface area contributed by atoms with Crippen molar-refractivity contribution < 1.29 is 19.4 Å². The van der Waals surface area contributed by atoms with E-state index in [1.165, 1.54) is 6.92 Å². The predicted molar refractivity (Wildman–Crippen MR) is 71.4 cm³/mol. The molecule has 1 rings (SSSR count). The Morgan fingerprint density at radius 1 is 1.26 bits per heavy atom. The van der Waals surface area contributed by atoms with Gasteiger partial charge in [0.25, 0.3) is 5.91 Å². The summed E-state index contributed by atoms with van der Waals surface area (Å²) in [6, 6.07) is 5.81. The Morgan fingerprint density at radius 2 is 1.84 bits per heavy atom. The van der Waals surface area contributed by atoms with E-state index in [1.807, 2.05) is 20.8 Å². The molecule has 0 aromatic heterocycles. The molecule has 19 heavy (non-hydrogen) atoms. The number of nitrogens with one attached hydrogen (secondary N) is 1. The number of ether oxygens (including phenoxy) is 1. The zero-order valence-electron chi connectivity index (χ0n) is 11.6. The highest BCUT2D eigenvalue weighted by molar-refractivity contribution is 5.98. The van der Waals surface area contributed by atoms with Gasteiger partial charge in [-0.15, -0.1) is 0 Å². The molecule has 1 unspecified atom stereocenters. The van der Waals surface area contributed by atoms with Crippen LogP contribution in [0, 0.1) is 0 Å². The van der Waals surface area contributed by atoms with Crippen molar-refractivity contribution in [1.29, 1.82) is 0 Å². The van der Waals surface area contributed by atoms with Crippen LogP contribution in [0.4, 0.5) is 0 Å². The van der Waals surface area contributed by atoms with E-state index in [-0.39, 0.29) is 0 Å². The molecule has 0 radical (unpaired) electrons. The molecule has 0 fully saturated rings. The number of amides is 1. The Labute approximate surface area is 112 Å². The second-order valence-corrected chi connectivity index (χ2v) is 5.24. The Kier molecular flexibility index (Phi) is 4.53. The van der Waals surface area contributed by atoms with Crippen molar-refractivity contribution in [2.45, 2.75) is 39.3 Å². The second kappa shape index (κ2) is 5.73. The van der Waals surface area contributed by atoms with Gasteiger partial charge in [0, 0.05) is 0 Å². The van der Waals surface area contributed by atoms with E-state index in [0.29, 0.717) is 11.3 Å². The zero-order valence-corrected chi connectivity index (χ0v) is 11.6. The summed E-state index contributed by atoms with van der Waals surface area (Å²) in [6.45, 7) is 7.04. The van der Waals surface area contributed by atoms with Crippen LogP contribution >= 0.6 is 0 Å². The average molecular weight is 265 g/mol. The topological polar surface area (TPSA) is 75.6 Å². The number of carbonyl (C=O) groups excluding carboxylic acids is 1. The first-order chi connectivity index (χ1) is 8.70. The van der Waals surface area contributed by atoms with Crippen LogP contribution in [0.3, 0.4) is 0 Å². The van der Waals surface area contributed by atoms with Gasteiger partial charge in [-0.3, -0.25) is 9.59 Å². The molecular weight excluding hydrogens is 246 g/mol. The SMILES string of the molecule is CC(NC(=O)c1ccccc1OC(C)(C)C)C(=O)O. The fourth-order valence-corrected chi connectivity index (χ4v) is 1.41. The minimum Gasteiger partial charge on any atom is -0.487 e. The number of rotatable bonds is 4. The van der Waals surface area contributed by atoms with Crippen molar-refractivity contribution >= 4 is 11.9 Å². The molecule has 1 aromatic rings. The normalized spacial score (nSPS) is 12.6. The summed E-state index contributed by atoms with van der Waals surface area (Å²) in [7, 11) is 0. The highest BCUT2D eigenvalue weighted by Crippen LogP contribution is 2.22. The summed E-state index contributed by atoms with van der Waals surface area (Å²) in [6.07, 6.45) is 0. The summed E-state index contributed by atoms with van der Waals surface area (Å²) in [5.74, 6) is -1.11. The molecular formula is C14H19NO4. The van der Waals surface area contributed by atoms with Gasteiger partial charge in [0.15, 0.2) is 0 Å². The van der Waals surface area contributed by atoms with E-state index in [0.717, 1.165) is 0 Å². The monoisotopic (exact) mass is 265 g/mol. The molecule has 0 saturated heterocycles. The van der Waals surface area contributed by atoms with E-state index in [2.05, 4.69) is 5.32 Å². The lowest BCUT2D eigenvalue weighted by atomic mass is 10.1. The van der Waals surface area contributed by atoms with Gasteiger partial charge < -0.3 is 15.2 Å². The molecule has 0 spiro atoms. The number of carbonyl (C=O) groups is 2. The maximum Gasteiger partial charge on any atom is 0.325 e. The third-order valence-corrected chi connectivity index (χ3v) is 2.27. The van der Waals surface area contributed by atoms with Crippen molar-refractivity contribution in [3.05, 3.63) is 29.8 Å². The van der Waals surface area contributed by atoms with Gasteiger partial charge in [0.1, 0.15) is 17.4 Å². The minimum absolute atomic E-state index is 0.325. The molecule has 0 aliphatic heterocycles. The number of carboxylic acids is 1. The predicted octanol–water partition coefficient (Wildman–Crippen LogP) is 2.07. The van der Waals surface area contributed by atoms with Gasteiger partial charge in [-0.2, -0.15) is 0 Å². The van der Waals surface area contributed by atoms with Gasteiger partial charge in [-0.05, 0) is 39.8 Å². The van der Waals surface area contributed by atoms with Crippen LogP contribution in [0.15, 0.2) is 24.3 Å². The number of para-hydroxylation sites is 1. The maximum atomic E-state index is 12.0. The van der Waals surface area contributed by atoms with Crippen molar-refractivity contribution in [3.63, 3.8) is 0 Å². The molecule has 2 N–H and O–H groups in total. The lowest BCUT2D eigenvalue weighted by Gasteiger charge is -2.23. The standard InChI is InChI=1S/C14H19NO4/c1-9(13(17)18)15-12(16)10-7-5-6-8-11(10)19-14(2,3)4/h5-9H,1-4H3,(H,15,16)(H,17,18). The lowest BCUT2D eigenvalue weighted by Crippen LogP contribution is -2.38. The highest BCUT2D eigenvalue weighted by Gasteiger charge is 2.20. The first-order valence-electron chi connectivity index (χ1n) is 6.02. The van der Waals surface area contributed by atoms with Gasteiger partial charge in [-0.1, -0.05) is 12.1 Å². The third kappa shape index (κ3) is 4.62. The molecule has 0 heterocycles. The van der Waals surface area contributed by atoms with E-state index in [1.54, 1.807) is 24.3 Å². The molecule has 0 bridgehead atoms. The van der Waals surface area contributed by atoms with Crippen LogP contribution in [0.1, 0.15) is 38.1 Å². The van der Waals surface area contributed by atoms with Crippen LogP contribution in [0.25, 0.3) is 0 Å². The molecule has 5 heteroatoms. The highest BCUT2D eigenvalue weighted by atomic mass is 16.5. The van der Waals surface area contributed by atoms with Crippen LogP contribution in [-0.2, 0) is 4.79 Å². The Morgan fingerprint density at radius 3 is 2.37 bits per heavy atom. The summed E-state index contributed by atoms with van der Waals surface area (Å²) in [4.78, 5) is 22.7. The third-order valence-electron chi connectivity index (χ3n) is 2.27. The fourth-order valence-electron chi connectivity index (χ4n) is 1.41. The number of carboxylic acid groups (broad SMARTS) is 1. The van der Waals surface area contributed by atoms with Gasteiger partial charge in [-0.25, -0.2) is 0 Å². The Balaban J connectivity index is 2.94. The van der Waals surface area contributed by atoms with E-state index >= 15 is 0 Å². The number of hydrogen-bond donors (Lipinski definition) is 2. The molecule has 0 aliphatic carbocycles. The number of aliphatic carboxylic acids is 1. The molecule has 0 aliphatic rings. The summed E-state index contributed by atoms with van der Waals surface area (Å²) in [5, 5.41) is 11.2. The lowest BCUT2D eigenvalue weighted by molar-refractivity contribution is -0.138. The first-order valence-corrected chi connectivity index (χ1v) is 6.02. The fraction of sp³-hybridized carbons (Fsp3) is 0.429. The van der Waals surface area contributed by atoms with Crippen molar-refractivity contribution in [2.75, 3.05) is 0 Å². The largest absolute Gasteiger partial charge is 0.487 e. The molecule has 104 valence electrons. The number of benzene rings is 1. The molecule has 0 saturated carbocycles. The van der Waals surface area contributed by atoms with Gasteiger partial charge in [0.2, 0.25) is 0 Å². The average Bonchev–Trinajstić information content (AvgIpc) is 2.27. The minimum atomic E-state index is -1.08. The summed E-state index contributed by atoms with van der Waals surface area (Å²) < 4.78 is 5.69. The molecule has 1 aromatic carbocycles. The smallest absolute Gasteiger partial charge is 0.325 e. The second-order valence-electron chi connectivity index (χ2n) is 5.24. The summed E-state index contributed by atoms with van der Waals surface area (Å²) in [5.41, 5.74) is -0.111.